The molecule has 0 rings (SSSR count). The quantitative estimate of drug-likeness (QED) is 0.429. The van der Waals surface area contributed by atoms with Crippen LogP contribution in [-0.2, 0) is 14.3 Å². The van der Waals surface area contributed by atoms with E-state index in [9.17, 15) is 9.59 Å². The first kappa shape index (κ1) is 9.10. The third kappa shape index (κ3) is 4.03. The van der Waals surface area contributed by atoms with Gasteiger partial charge in [0.15, 0.2) is 0 Å². The molecule has 1 N–H and O–H groups in total. The Morgan fingerprint density at radius 1 is 1.80 bits per heavy atom. The fourth-order valence-electron chi connectivity index (χ4n) is 0.470. The molecule has 0 aliphatic rings. The standard InChI is InChI=1S/C6H10O4/c1-10-6(9)4-5(8)2-3-7/h3,5,8H,2,4H2,1H3. The maximum Gasteiger partial charge on any atom is 0.308 e. The summed E-state index contributed by atoms with van der Waals surface area (Å²) in [5, 5.41) is 8.82. The number of aldehydes is 1. The van der Waals surface area contributed by atoms with E-state index in [0.29, 0.717) is 6.29 Å². The van der Waals surface area contributed by atoms with Crippen LogP contribution in [0.25, 0.3) is 0 Å². The van der Waals surface area contributed by atoms with Gasteiger partial charge in [0.2, 0.25) is 0 Å². The van der Waals surface area contributed by atoms with Crippen LogP contribution in [-0.4, -0.2) is 30.6 Å². The monoisotopic (exact) mass is 146 g/mol. The minimum Gasteiger partial charge on any atom is -0.469 e. The molecule has 0 bridgehead atoms. The fourth-order valence-corrected chi connectivity index (χ4v) is 0.470. The average Bonchev–Trinajstić information content (AvgIpc) is 1.88. The molecule has 0 aliphatic heterocycles. The molecule has 0 saturated carbocycles. The average molecular weight is 146 g/mol. The van der Waals surface area contributed by atoms with E-state index in [4.69, 9.17) is 5.11 Å². The van der Waals surface area contributed by atoms with Crippen molar-refractivity contribution in [2.24, 2.45) is 0 Å². The van der Waals surface area contributed by atoms with Crippen LogP contribution in [0, 0.1) is 0 Å². The van der Waals surface area contributed by atoms with Crippen molar-refractivity contribution in [2.75, 3.05) is 7.11 Å². The van der Waals surface area contributed by atoms with Crippen LogP contribution in [0.5, 0.6) is 0 Å². The van der Waals surface area contributed by atoms with Gasteiger partial charge in [-0.1, -0.05) is 0 Å². The molecule has 58 valence electrons. The van der Waals surface area contributed by atoms with Crippen molar-refractivity contribution >= 4 is 12.3 Å². The Hall–Kier alpha value is -0.900. The van der Waals surface area contributed by atoms with Crippen LogP contribution in [0.1, 0.15) is 12.8 Å². The van der Waals surface area contributed by atoms with Gasteiger partial charge in [0.25, 0.3) is 0 Å². The molecule has 0 aromatic rings. The zero-order valence-electron chi connectivity index (χ0n) is 5.74. The van der Waals surface area contributed by atoms with Crippen molar-refractivity contribution in [2.45, 2.75) is 18.9 Å². The van der Waals surface area contributed by atoms with Crippen molar-refractivity contribution in [1.29, 1.82) is 0 Å². The molecule has 0 aromatic carbocycles. The number of hydrogen-bond acceptors (Lipinski definition) is 4. The number of carbonyl (C=O) groups excluding carboxylic acids is 2. The van der Waals surface area contributed by atoms with Gasteiger partial charge in [-0.2, -0.15) is 0 Å². The van der Waals surface area contributed by atoms with Crippen molar-refractivity contribution in [3.63, 3.8) is 0 Å². The second kappa shape index (κ2) is 4.93. The van der Waals surface area contributed by atoms with Crippen LogP contribution in [0.2, 0.25) is 0 Å². The molecule has 0 aliphatic carbocycles. The van der Waals surface area contributed by atoms with E-state index in [0.717, 1.165) is 0 Å². The number of aliphatic hydroxyl groups is 1. The minimum absolute atomic E-state index is 0.0188. The summed E-state index contributed by atoms with van der Waals surface area (Å²) in [5.41, 5.74) is 0. The second-order valence-electron chi connectivity index (χ2n) is 1.84. The number of rotatable bonds is 4. The van der Waals surface area contributed by atoms with E-state index < -0.39 is 12.1 Å². The molecule has 0 amide bonds. The highest BCUT2D eigenvalue weighted by Gasteiger charge is 2.09. The summed E-state index contributed by atoms with van der Waals surface area (Å²) in [6.07, 6.45) is -0.470. The maximum atomic E-state index is 10.4. The number of esters is 1. The molecular formula is C6H10O4. The lowest BCUT2D eigenvalue weighted by Gasteiger charge is -2.02. The molecule has 1 atom stereocenters. The molecule has 0 saturated heterocycles. The van der Waals surface area contributed by atoms with Crippen LogP contribution in [0.15, 0.2) is 0 Å². The van der Waals surface area contributed by atoms with Gasteiger partial charge >= 0.3 is 5.97 Å². The highest BCUT2D eigenvalue weighted by atomic mass is 16.5. The first-order valence-electron chi connectivity index (χ1n) is 2.89. The molecule has 0 fully saturated rings. The first-order valence-corrected chi connectivity index (χ1v) is 2.89. The number of hydrogen-bond donors (Lipinski definition) is 1. The summed E-state index contributed by atoms with van der Waals surface area (Å²) < 4.78 is 4.25. The Bertz CT molecular complexity index is 121. The van der Waals surface area contributed by atoms with Gasteiger partial charge in [-0.05, 0) is 0 Å². The minimum atomic E-state index is -0.898. The summed E-state index contributed by atoms with van der Waals surface area (Å²) in [4.78, 5) is 20.2. The zero-order valence-corrected chi connectivity index (χ0v) is 5.74. The van der Waals surface area contributed by atoms with E-state index in [1.165, 1.54) is 7.11 Å². The van der Waals surface area contributed by atoms with Gasteiger partial charge in [0.05, 0.1) is 19.6 Å². The predicted octanol–water partition coefficient (Wildman–Crippen LogP) is -0.501. The largest absolute Gasteiger partial charge is 0.469 e. The summed E-state index contributed by atoms with van der Waals surface area (Å²) >= 11 is 0. The Kier molecular flexibility index (Phi) is 4.49. The summed E-state index contributed by atoms with van der Waals surface area (Å²) in [6.45, 7) is 0. The lowest BCUT2D eigenvalue weighted by atomic mass is 10.2. The summed E-state index contributed by atoms with van der Waals surface area (Å²) in [7, 11) is 1.23. The van der Waals surface area contributed by atoms with Gasteiger partial charge < -0.3 is 14.6 Å². The van der Waals surface area contributed by atoms with Gasteiger partial charge in [-0.15, -0.1) is 0 Å². The number of methoxy groups -OCH3 is 1. The molecule has 4 nitrogen and oxygen atoms in total. The number of aliphatic hydroxyl groups excluding tert-OH is 1. The van der Waals surface area contributed by atoms with Crippen molar-refractivity contribution in [3.05, 3.63) is 0 Å². The topological polar surface area (TPSA) is 63.6 Å². The van der Waals surface area contributed by atoms with Crippen molar-refractivity contribution in [3.8, 4) is 0 Å². The zero-order chi connectivity index (χ0) is 7.98. The van der Waals surface area contributed by atoms with Gasteiger partial charge in [0, 0.05) is 6.42 Å². The molecular weight excluding hydrogens is 136 g/mol. The fraction of sp³-hybridized carbons (Fsp3) is 0.667. The lowest BCUT2D eigenvalue weighted by Crippen LogP contribution is -2.14. The lowest BCUT2D eigenvalue weighted by molar-refractivity contribution is -0.142. The molecule has 1 unspecified atom stereocenters. The van der Waals surface area contributed by atoms with Gasteiger partial charge in [-0.25, -0.2) is 0 Å². The highest BCUT2D eigenvalue weighted by Crippen LogP contribution is 1.95. The second-order valence-corrected chi connectivity index (χ2v) is 1.84. The third-order valence-corrected chi connectivity index (χ3v) is 0.998. The highest BCUT2D eigenvalue weighted by molar-refractivity contribution is 5.70. The number of ether oxygens (including phenoxy) is 1. The Morgan fingerprint density at radius 2 is 2.40 bits per heavy atom. The summed E-state index contributed by atoms with van der Waals surface area (Å²) in [5.74, 6) is -0.505. The molecule has 0 heterocycles. The van der Waals surface area contributed by atoms with E-state index in [1.807, 2.05) is 0 Å². The van der Waals surface area contributed by atoms with Crippen molar-refractivity contribution in [1.82, 2.24) is 0 Å². The molecule has 4 heteroatoms. The van der Waals surface area contributed by atoms with E-state index in [1.54, 1.807) is 0 Å². The molecule has 10 heavy (non-hydrogen) atoms. The van der Waals surface area contributed by atoms with E-state index in [2.05, 4.69) is 4.74 Å². The van der Waals surface area contributed by atoms with E-state index in [-0.39, 0.29) is 12.8 Å². The van der Waals surface area contributed by atoms with Crippen LogP contribution >= 0.6 is 0 Å². The third-order valence-electron chi connectivity index (χ3n) is 0.998. The van der Waals surface area contributed by atoms with E-state index >= 15 is 0 Å². The maximum absolute atomic E-state index is 10.4. The molecule has 0 aromatic heterocycles. The SMILES string of the molecule is COC(=O)CC(O)CC=O. The smallest absolute Gasteiger partial charge is 0.308 e. The normalized spacial score (nSPS) is 12.2. The first-order chi connectivity index (χ1) is 4.70. The summed E-state index contributed by atoms with van der Waals surface area (Å²) in [6, 6.07) is 0. The Labute approximate surface area is 58.8 Å². The van der Waals surface area contributed by atoms with Gasteiger partial charge in [0.1, 0.15) is 6.29 Å². The van der Waals surface area contributed by atoms with Crippen LogP contribution in [0.4, 0.5) is 0 Å². The van der Waals surface area contributed by atoms with Crippen molar-refractivity contribution < 1.29 is 19.4 Å². The van der Waals surface area contributed by atoms with Crippen LogP contribution < -0.4 is 0 Å². The Morgan fingerprint density at radius 3 is 2.80 bits per heavy atom. The number of carbonyl (C=O) groups is 2. The van der Waals surface area contributed by atoms with Gasteiger partial charge in [-0.3, -0.25) is 4.79 Å². The predicted molar refractivity (Wildman–Crippen MR) is 33.3 cm³/mol. The molecule has 0 radical (unpaired) electrons. The van der Waals surface area contributed by atoms with Crippen LogP contribution in [0.3, 0.4) is 0 Å². The molecule has 0 spiro atoms. The Balaban J connectivity index is 3.46.